The van der Waals surface area contributed by atoms with Gasteiger partial charge in [0.05, 0.1) is 5.02 Å². The predicted octanol–water partition coefficient (Wildman–Crippen LogP) is 0.938. The number of halogens is 2. The van der Waals surface area contributed by atoms with E-state index in [2.05, 4.69) is 15.0 Å². The van der Waals surface area contributed by atoms with Gasteiger partial charge in [-0.2, -0.15) is 0 Å². The lowest BCUT2D eigenvalue weighted by atomic mass is 10.5. The zero-order valence-corrected chi connectivity index (χ0v) is 13.2. The molecule has 0 aromatic carbocycles. The van der Waals surface area contributed by atoms with E-state index in [4.69, 9.17) is 23.2 Å². The summed E-state index contributed by atoms with van der Waals surface area (Å²) in [6.07, 6.45) is 1.11. The first-order chi connectivity index (χ1) is 9.24. The summed E-state index contributed by atoms with van der Waals surface area (Å²) >= 11 is 11.3. The lowest BCUT2D eigenvalue weighted by Gasteiger charge is -2.12. The number of nitrogens with one attached hydrogen (secondary N) is 2. The average Bonchev–Trinajstić information content (AvgIpc) is 2.37. The van der Waals surface area contributed by atoms with Crippen molar-refractivity contribution in [2.45, 2.75) is 4.90 Å². The summed E-state index contributed by atoms with van der Waals surface area (Å²) in [5.41, 5.74) is 0. The molecule has 7 nitrogen and oxygen atoms in total. The fourth-order valence-corrected chi connectivity index (χ4v) is 2.48. The number of amides is 2. The van der Waals surface area contributed by atoms with Crippen molar-refractivity contribution in [2.75, 3.05) is 27.2 Å². The number of sulfonamides is 1. The number of urea groups is 1. The molecule has 1 aromatic rings. The Morgan fingerprint density at radius 1 is 1.35 bits per heavy atom. The minimum absolute atomic E-state index is 0.0314. The number of carbonyl (C=O) groups excluding carboxylic acids is 1. The average molecular weight is 341 g/mol. The Kier molecular flexibility index (Phi) is 6.00. The molecule has 0 atom stereocenters. The normalized spacial score (nSPS) is 11.2. The van der Waals surface area contributed by atoms with Crippen LogP contribution in [-0.2, 0) is 10.0 Å². The molecule has 0 spiro atoms. The van der Waals surface area contributed by atoms with E-state index in [0.29, 0.717) is 0 Å². The van der Waals surface area contributed by atoms with Gasteiger partial charge < -0.3 is 10.2 Å². The summed E-state index contributed by atoms with van der Waals surface area (Å²) in [5, 5.41) is 2.61. The number of pyridine rings is 1. The number of hydrogen-bond acceptors (Lipinski definition) is 4. The second-order valence-corrected chi connectivity index (χ2v) is 6.50. The third-order valence-electron chi connectivity index (χ3n) is 2.18. The highest BCUT2D eigenvalue weighted by Crippen LogP contribution is 2.21. The smallest absolute Gasteiger partial charge is 0.316 e. The predicted molar refractivity (Wildman–Crippen MR) is 76.5 cm³/mol. The Labute approximate surface area is 127 Å². The molecule has 0 aliphatic carbocycles. The lowest BCUT2D eigenvalue weighted by Crippen LogP contribution is -2.39. The summed E-state index contributed by atoms with van der Waals surface area (Å²) in [7, 11) is -0.570. The molecule has 0 unspecified atom stereocenters. The summed E-state index contributed by atoms with van der Waals surface area (Å²) in [6.45, 7) is 0.202. The van der Waals surface area contributed by atoms with Crippen LogP contribution in [0.15, 0.2) is 17.2 Å². The zero-order chi connectivity index (χ0) is 15.3. The molecule has 0 fully saturated rings. The van der Waals surface area contributed by atoms with Crippen LogP contribution in [0.3, 0.4) is 0 Å². The summed E-state index contributed by atoms with van der Waals surface area (Å²) in [4.78, 5) is 16.1. The molecule has 112 valence electrons. The van der Waals surface area contributed by atoms with Gasteiger partial charge in [0.1, 0.15) is 10.0 Å². The van der Waals surface area contributed by atoms with Crippen molar-refractivity contribution < 1.29 is 13.2 Å². The van der Waals surface area contributed by atoms with Crippen molar-refractivity contribution in [2.24, 2.45) is 0 Å². The van der Waals surface area contributed by atoms with Crippen LogP contribution in [0.4, 0.5) is 4.79 Å². The van der Waals surface area contributed by atoms with Crippen LogP contribution in [0.25, 0.3) is 0 Å². The van der Waals surface area contributed by atoms with E-state index in [-0.39, 0.29) is 34.2 Å². The van der Waals surface area contributed by atoms with E-state index in [1.807, 2.05) is 0 Å². The summed E-state index contributed by atoms with van der Waals surface area (Å²) < 4.78 is 26.1. The molecule has 0 aliphatic heterocycles. The van der Waals surface area contributed by atoms with Gasteiger partial charge in [0.2, 0.25) is 10.0 Å². The largest absolute Gasteiger partial charge is 0.337 e. The van der Waals surface area contributed by atoms with Crippen molar-refractivity contribution in [1.29, 1.82) is 0 Å². The SMILES string of the molecule is CN(C)C(=O)NCCNS(=O)(=O)c1cnc(Cl)c(Cl)c1. The fourth-order valence-electron chi connectivity index (χ4n) is 1.15. The topological polar surface area (TPSA) is 91.4 Å². The van der Waals surface area contributed by atoms with Gasteiger partial charge in [-0.1, -0.05) is 23.2 Å². The van der Waals surface area contributed by atoms with Crippen LogP contribution in [0, 0.1) is 0 Å². The van der Waals surface area contributed by atoms with Gasteiger partial charge in [-0.3, -0.25) is 0 Å². The maximum Gasteiger partial charge on any atom is 0.316 e. The molecular weight excluding hydrogens is 327 g/mol. The van der Waals surface area contributed by atoms with E-state index in [0.717, 1.165) is 6.20 Å². The molecule has 2 amide bonds. The second kappa shape index (κ2) is 7.07. The molecule has 2 N–H and O–H groups in total. The first-order valence-electron chi connectivity index (χ1n) is 5.50. The van der Waals surface area contributed by atoms with E-state index in [1.54, 1.807) is 14.1 Å². The van der Waals surface area contributed by atoms with Gasteiger partial charge in [-0.05, 0) is 6.07 Å². The molecular formula is C10H14Cl2N4O3S. The van der Waals surface area contributed by atoms with Crippen molar-refractivity contribution in [3.63, 3.8) is 0 Å². The summed E-state index contributed by atoms with van der Waals surface area (Å²) in [6, 6.07) is 0.901. The molecule has 0 saturated carbocycles. The minimum Gasteiger partial charge on any atom is -0.337 e. The lowest BCUT2D eigenvalue weighted by molar-refractivity contribution is 0.217. The van der Waals surface area contributed by atoms with E-state index < -0.39 is 10.0 Å². The third-order valence-corrected chi connectivity index (χ3v) is 4.30. The Bertz CT molecular complexity index is 592. The number of aromatic nitrogens is 1. The molecule has 1 aromatic heterocycles. The van der Waals surface area contributed by atoms with Crippen molar-refractivity contribution in [3.8, 4) is 0 Å². The van der Waals surface area contributed by atoms with E-state index in [9.17, 15) is 13.2 Å². The van der Waals surface area contributed by atoms with Crippen LogP contribution in [-0.4, -0.2) is 51.5 Å². The fraction of sp³-hybridized carbons (Fsp3) is 0.400. The van der Waals surface area contributed by atoms with Crippen LogP contribution in [0.2, 0.25) is 10.2 Å². The molecule has 0 saturated heterocycles. The van der Waals surface area contributed by atoms with Crippen LogP contribution in [0.1, 0.15) is 0 Å². The summed E-state index contributed by atoms with van der Waals surface area (Å²) in [5.74, 6) is 0. The monoisotopic (exact) mass is 340 g/mol. The molecule has 20 heavy (non-hydrogen) atoms. The number of carbonyl (C=O) groups is 1. The minimum atomic E-state index is -3.74. The van der Waals surface area contributed by atoms with Gasteiger partial charge >= 0.3 is 6.03 Å². The van der Waals surface area contributed by atoms with Gasteiger partial charge in [0.25, 0.3) is 0 Å². The zero-order valence-electron chi connectivity index (χ0n) is 10.9. The van der Waals surface area contributed by atoms with Crippen LogP contribution in [0.5, 0.6) is 0 Å². The Hall–Kier alpha value is -1.09. The Morgan fingerprint density at radius 2 is 2.00 bits per heavy atom. The van der Waals surface area contributed by atoms with Crippen molar-refractivity contribution in [3.05, 3.63) is 22.4 Å². The molecule has 0 radical (unpaired) electrons. The van der Waals surface area contributed by atoms with Crippen molar-refractivity contribution >= 4 is 39.3 Å². The standard InChI is InChI=1S/C10H14Cl2N4O3S/c1-16(2)10(17)13-3-4-15-20(18,19)7-5-8(11)9(12)14-6-7/h5-6,15H,3-4H2,1-2H3,(H,13,17). The second-order valence-electron chi connectivity index (χ2n) is 3.97. The van der Waals surface area contributed by atoms with Crippen LogP contribution >= 0.6 is 23.2 Å². The van der Waals surface area contributed by atoms with Gasteiger partial charge in [-0.25, -0.2) is 22.9 Å². The van der Waals surface area contributed by atoms with E-state index in [1.165, 1.54) is 11.0 Å². The molecule has 1 heterocycles. The highest BCUT2D eigenvalue weighted by Gasteiger charge is 2.15. The third kappa shape index (κ3) is 4.78. The van der Waals surface area contributed by atoms with E-state index >= 15 is 0 Å². The van der Waals surface area contributed by atoms with Crippen molar-refractivity contribution in [1.82, 2.24) is 19.9 Å². The van der Waals surface area contributed by atoms with Gasteiger partial charge in [-0.15, -0.1) is 0 Å². The highest BCUT2D eigenvalue weighted by molar-refractivity contribution is 7.89. The number of hydrogen-bond donors (Lipinski definition) is 2. The first kappa shape index (κ1) is 17.0. The van der Waals surface area contributed by atoms with Gasteiger partial charge in [0.15, 0.2) is 0 Å². The molecule has 1 rings (SSSR count). The van der Waals surface area contributed by atoms with Gasteiger partial charge in [0, 0.05) is 33.4 Å². The molecule has 0 aliphatic rings. The number of nitrogens with zero attached hydrogens (tertiary/aromatic N) is 2. The Morgan fingerprint density at radius 3 is 2.55 bits per heavy atom. The number of rotatable bonds is 5. The quantitative estimate of drug-likeness (QED) is 0.616. The van der Waals surface area contributed by atoms with Crippen LogP contribution < -0.4 is 10.0 Å². The maximum atomic E-state index is 11.9. The maximum absolute atomic E-state index is 11.9. The molecule has 10 heteroatoms. The molecule has 0 bridgehead atoms. The highest BCUT2D eigenvalue weighted by atomic mass is 35.5. The Balaban J connectivity index is 2.58. The first-order valence-corrected chi connectivity index (χ1v) is 7.74.